The van der Waals surface area contributed by atoms with Gasteiger partial charge in [0.25, 0.3) is 0 Å². The average Bonchev–Trinajstić information content (AvgIpc) is 2.53. The monoisotopic (exact) mass is 321 g/mol. The average molecular weight is 321 g/mol. The molecule has 1 saturated heterocycles. The summed E-state index contributed by atoms with van der Waals surface area (Å²) in [5.41, 5.74) is -0.238. The Labute approximate surface area is 136 Å². The number of aromatic nitrogens is 2. The Balaban J connectivity index is 1.97. The van der Waals surface area contributed by atoms with Crippen LogP contribution in [-0.4, -0.2) is 47.7 Å². The maximum absolute atomic E-state index is 12.1. The van der Waals surface area contributed by atoms with Crippen LogP contribution in [0.25, 0.3) is 0 Å². The molecule has 0 amide bonds. The molecule has 0 atom stereocenters. The number of carbonyl (C=O) groups is 2. The highest BCUT2D eigenvalue weighted by atomic mass is 16.6. The minimum Gasteiger partial charge on any atom is -0.464 e. The third kappa shape index (κ3) is 4.64. The number of hydrogen-bond donors (Lipinski definition) is 0. The molecule has 1 aliphatic rings. The first-order chi connectivity index (χ1) is 10.8. The molecule has 126 valence electrons. The van der Waals surface area contributed by atoms with E-state index in [1.54, 1.807) is 0 Å². The largest absolute Gasteiger partial charge is 0.464 e. The van der Waals surface area contributed by atoms with Crippen molar-refractivity contribution in [2.24, 2.45) is 5.92 Å². The van der Waals surface area contributed by atoms with Crippen molar-refractivity contribution in [3.63, 3.8) is 0 Å². The van der Waals surface area contributed by atoms with Gasteiger partial charge in [0.15, 0.2) is 5.69 Å². The molecule has 2 rings (SSSR count). The number of rotatable bonds is 3. The van der Waals surface area contributed by atoms with E-state index >= 15 is 0 Å². The highest BCUT2D eigenvalue weighted by Gasteiger charge is 2.30. The lowest BCUT2D eigenvalue weighted by Gasteiger charge is -2.32. The fourth-order valence-electron chi connectivity index (χ4n) is 2.42. The highest BCUT2D eigenvalue weighted by Crippen LogP contribution is 2.23. The van der Waals surface area contributed by atoms with Gasteiger partial charge < -0.3 is 14.4 Å². The van der Waals surface area contributed by atoms with Crippen LogP contribution in [0, 0.1) is 5.92 Å². The molecule has 2 heterocycles. The zero-order valence-electron chi connectivity index (χ0n) is 14.0. The smallest absolute Gasteiger partial charge is 0.356 e. The first-order valence-electron chi connectivity index (χ1n) is 7.69. The highest BCUT2D eigenvalue weighted by molar-refractivity contribution is 5.87. The van der Waals surface area contributed by atoms with Crippen LogP contribution < -0.4 is 4.90 Å². The number of hydrogen-bond acceptors (Lipinski definition) is 7. The first-order valence-corrected chi connectivity index (χ1v) is 7.69. The van der Waals surface area contributed by atoms with Gasteiger partial charge in [0.1, 0.15) is 5.60 Å². The van der Waals surface area contributed by atoms with Crippen molar-refractivity contribution < 1.29 is 19.1 Å². The lowest BCUT2D eigenvalue weighted by Crippen LogP contribution is -2.39. The Morgan fingerprint density at radius 1 is 1.26 bits per heavy atom. The van der Waals surface area contributed by atoms with Crippen molar-refractivity contribution in [2.75, 3.05) is 25.1 Å². The van der Waals surface area contributed by atoms with E-state index in [9.17, 15) is 9.59 Å². The lowest BCUT2D eigenvalue weighted by molar-refractivity contribution is -0.160. The van der Waals surface area contributed by atoms with E-state index in [0.717, 1.165) is 0 Å². The summed E-state index contributed by atoms with van der Waals surface area (Å²) in [7, 11) is 1.32. The Morgan fingerprint density at radius 2 is 1.91 bits per heavy atom. The number of ether oxygens (including phenoxy) is 2. The van der Waals surface area contributed by atoms with E-state index in [4.69, 9.17) is 4.74 Å². The quantitative estimate of drug-likeness (QED) is 0.785. The zero-order valence-corrected chi connectivity index (χ0v) is 14.0. The summed E-state index contributed by atoms with van der Waals surface area (Å²) in [6.45, 7) is 6.90. The third-order valence-corrected chi connectivity index (χ3v) is 3.56. The SMILES string of the molecule is COC(=O)c1ccnc(N2CCC(C(=O)OC(C)(C)C)CC2)n1. The molecule has 0 spiro atoms. The molecule has 1 aromatic rings. The number of nitrogens with zero attached hydrogens (tertiary/aromatic N) is 3. The number of piperidine rings is 1. The molecule has 0 aliphatic carbocycles. The van der Waals surface area contributed by atoms with Crippen LogP contribution >= 0.6 is 0 Å². The van der Waals surface area contributed by atoms with Gasteiger partial charge in [-0.2, -0.15) is 0 Å². The van der Waals surface area contributed by atoms with E-state index < -0.39 is 11.6 Å². The van der Waals surface area contributed by atoms with Crippen molar-refractivity contribution >= 4 is 17.9 Å². The normalized spacial score (nSPS) is 16.1. The summed E-state index contributed by atoms with van der Waals surface area (Å²) in [6, 6.07) is 1.52. The lowest BCUT2D eigenvalue weighted by atomic mass is 9.97. The molecule has 23 heavy (non-hydrogen) atoms. The summed E-state index contributed by atoms with van der Waals surface area (Å²) < 4.78 is 10.1. The number of esters is 2. The summed E-state index contributed by atoms with van der Waals surface area (Å²) in [6.07, 6.45) is 2.90. The van der Waals surface area contributed by atoms with Gasteiger partial charge in [-0.25, -0.2) is 14.8 Å². The molecule has 7 heteroatoms. The van der Waals surface area contributed by atoms with Gasteiger partial charge in [-0.05, 0) is 39.7 Å². The van der Waals surface area contributed by atoms with Crippen LogP contribution in [0.2, 0.25) is 0 Å². The van der Waals surface area contributed by atoms with Crippen LogP contribution in [0.1, 0.15) is 44.1 Å². The number of methoxy groups -OCH3 is 1. The summed E-state index contributed by atoms with van der Waals surface area (Å²) in [5, 5.41) is 0. The molecule has 1 fully saturated rings. The Kier molecular flexibility index (Phi) is 5.18. The summed E-state index contributed by atoms with van der Waals surface area (Å²) in [5.74, 6) is -0.261. The van der Waals surface area contributed by atoms with Gasteiger partial charge in [-0.1, -0.05) is 0 Å². The second-order valence-corrected chi connectivity index (χ2v) is 6.53. The molecule has 0 saturated carbocycles. The van der Waals surface area contributed by atoms with E-state index in [1.807, 2.05) is 25.7 Å². The molecule has 0 unspecified atom stereocenters. The van der Waals surface area contributed by atoms with Crippen molar-refractivity contribution in [2.45, 2.75) is 39.2 Å². The minimum absolute atomic E-state index is 0.103. The topological polar surface area (TPSA) is 81.6 Å². The van der Waals surface area contributed by atoms with Gasteiger partial charge in [-0.15, -0.1) is 0 Å². The van der Waals surface area contributed by atoms with E-state index in [2.05, 4.69) is 14.7 Å². The minimum atomic E-state index is -0.489. The molecule has 0 bridgehead atoms. The van der Waals surface area contributed by atoms with E-state index in [-0.39, 0.29) is 17.6 Å². The summed E-state index contributed by atoms with van der Waals surface area (Å²) in [4.78, 5) is 34.0. The molecule has 0 radical (unpaired) electrons. The standard InChI is InChI=1S/C16H23N3O4/c1-16(2,3)23-13(20)11-6-9-19(10-7-11)15-17-8-5-12(18-15)14(21)22-4/h5,8,11H,6-7,9-10H2,1-4H3. The first kappa shape index (κ1) is 17.2. The Morgan fingerprint density at radius 3 is 2.48 bits per heavy atom. The maximum atomic E-state index is 12.1. The third-order valence-electron chi connectivity index (χ3n) is 3.56. The van der Waals surface area contributed by atoms with E-state index in [1.165, 1.54) is 19.4 Å². The molecular formula is C16H23N3O4. The Bertz CT molecular complexity index is 575. The molecule has 1 aromatic heterocycles. The number of carbonyl (C=O) groups excluding carboxylic acids is 2. The van der Waals surface area contributed by atoms with Crippen molar-refractivity contribution in [1.29, 1.82) is 0 Å². The number of anilines is 1. The van der Waals surface area contributed by atoms with Crippen LogP contribution in [0.4, 0.5) is 5.95 Å². The van der Waals surface area contributed by atoms with Crippen LogP contribution in [-0.2, 0) is 14.3 Å². The molecule has 1 aliphatic heterocycles. The zero-order chi connectivity index (χ0) is 17.0. The molecule has 7 nitrogen and oxygen atoms in total. The maximum Gasteiger partial charge on any atom is 0.356 e. The second-order valence-electron chi connectivity index (χ2n) is 6.53. The van der Waals surface area contributed by atoms with Gasteiger partial charge in [0.2, 0.25) is 5.95 Å². The van der Waals surface area contributed by atoms with Gasteiger partial charge >= 0.3 is 11.9 Å². The fraction of sp³-hybridized carbons (Fsp3) is 0.625. The fourth-order valence-corrected chi connectivity index (χ4v) is 2.42. The van der Waals surface area contributed by atoms with Crippen molar-refractivity contribution in [1.82, 2.24) is 9.97 Å². The van der Waals surface area contributed by atoms with Gasteiger partial charge in [0, 0.05) is 19.3 Å². The predicted octanol–water partition coefficient (Wildman–Crippen LogP) is 1.82. The predicted molar refractivity (Wildman–Crippen MR) is 84.2 cm³/mol. The molecule has 0 aromatic carbocycles. The van der Waals surface area contributed by atoms with Gasteiger partial charge in [0.05, 0.1) is 13.0 Å². The Hall–Kier alpha value is -2.18. The van der Waals surface area contributed by atoms with Crippen molar-refractivity contribution in [3.05, 3.63) is 18.0 Å². The molecular weight excluding hydrogens is 298 g/mol. The van der Waals surface area contributed by atoms with E-state index in [0.29, 0.717) is 31.9 Å². The van der Waals surface area contributed by atoms with Crippen LogP contribution in [0.3, 0.4) is 0 Å². The van der Waals surface area contributed by atoms with Crippen molar-refractivity contribution in [3.8, 4) is 0 Å². The van der Waals surface area contributed by atoms with Gasteiger partial charge in [-0.3, -0.25) is 4.79 Å². The van der Waals surface area contributed by atoms with Crippen LogP contribution in [0.15, 0.2) is 12.3 Å². The summed E-state index contributed by atoms with van der Waals surface area (Å²) >= 11 is 0. The second kappa shape index (κ2) is 6.93. The van der Waals surface area contributed by atoms with Crippen LogP contribution in [0.5, 0.6) is 0 Å². The molecule has 0 N–H and O–H groups in total.